The van der Waals surface area contributed by atoms with Crippen LogP contribution in [0.1, 0.15) is 12.8 Å². The van der Waals surface area contributed by atoms with Crippen LogP contribution in [0.25, 0.3) is 0 Å². The number of carbonyl (C=O) groups is 1. The van der Waals surface area contributed by atoms with Gasteiger partial charge in [0.15, 0.2) is 11.6 Å². The maximum absolute atomic E-state index is 14.2. The van der Waals surface area contributed by atoms with Crippen LogP contribution in [-0.4, -0.2) is 110 Å². The van der Waals surface area contributed by atoms with Crippen LogP contribution < -0.4 is 14.4 Å². The molecule has 11 heteroatoms. The molecule has 2 N–H and O–H groups in total. The van der Waals surface area contributed by atoms with E-state index >= 15 is 0 Å². The van der Waals surface area contributed by atoms with Crippen LogP contribution in [0.3, 0.4) is 0 Å². The van der Waals surface area contributed by atoms with Crippen molar-refractivity contribution in [2.45, 2.75) is 24.0 Å². The van der Waals surface area contributed by atoms with E-state index in [1.165, 1.54) is 24.1 Å². The first kappa shape index (κ1) is 29.0. The molecule has 2 heterocycles. The molecule has 2 aromatic rings. The molecule has 2 saturated heterocycles. The van der Waals surface area contributed by atoms with E-state index in [0.29, 0.717) is 39.0 Å². The summed E-state index contributed by atoms with van der Waals surface area (Å²) in [5.41, 5.74) is -1.54. The maximum atomic E-state index is 14.2. The van der Waals surface area contributed by atoms with Crippen molar-refractivity contribution < 1.29 is 38.0 Å². The monoisotopic (exact) mass is 549 g/mol. The van der Waals surface area contributed by atoms with Crippen LogP contribution in [0.2, 0.25) is 0 Å². The number of anilines is 1. The van der Waals surface area contributed by atoms with Gasteiger partial charge in [-0.15, -0.1) is 0 Å². The third-order valence-corrected chi connectivity index (χ3v) is 7.37. The lowest BCUT2D eigenvalue weighted by Crippen LogP contribution is -2.56. The summed E-state index contributed by atoms with van der Waals surface area (Å²) in [7, 11) is 3.04. The molecule has 214 valence electrons. The number of aliphatic hydroxyl groups is 2. The molecule has 4 rings (SSSR count). The number of nitrogens with zero attached hydrogens (tertiary/aromatic N) is 3. The minimum Gasteiger partial charge on any atom is -0.497 e. The third kappa shape index (κ3) is 7.36. The second kappa shape index (κ2) is 12.5. The van der Waals surface area contributed by atoms with E-state index in [0.717, 1.165) is 17.5 Å². The Balaban J connectivity index is 1.43. The van der Waals surface area contributed by atoms with Gasteiger partial charge in [-0.2, -0.15) is 4.39 Å². The fourth-order valence-electron chi connectivity index (χ4n) is 5.25. The van der Waals surface area contributed by atoms with E-state index in [9.17, 15) is 23.8 Å². The van der Waals surface area contributed by atoms with Gasteiger partial charge in [0, 0.05) is 52.1 Å². The van der Waals surface area contributed by atoms with Crippen molar-refractivity contribution in [2.24, 2.45) is 0 Å². The molecule has 0 saturated carbocycles. The Kier molecular flexibility index (Phi) is 9.27. The van der Waals surface area contributed by atoms with Gasteiger partial charge in [-0.05, 0) is 49.2 Å². The van der Waals surface area contributed by atoms with Crippen molar-refractivity contribution in [1.82, 2.24) is 9.80 Å². The first-order chi connectivity index (χ1) is 18.6. The summed E-state index contributed by atoms with van der Waals surface area (Å²) in [5.74, 6) is -2.04. The van der Waals surface area contributed by atoms with Gasteiger partial charge >= 0.3 is 0 Å². The Labute approximate surface area is 227 Å². The second-order valence-electron chi connectivity index (χ2n) is 10.4. The highest BCUT2D eigenvalue weighted by molar-refractivity contribution is 5.77. The molecule has 2 aromatic carbocycles. The number of β-amino-alcohol motifs (C(OH)–C–C–N with tert-alkyl or cyclic N) is 2. The average Bonchev–Trinajstić information content (AvgIpc) is 3.08. The van der Waals surface area contributed by atoms with E-state index in [4.69, 9.17) is 14.2 Å². The molecule has 0 aliphatic carbocycles. The molecule has 1 atom stereocenters. The van der Waals surface area contributed by atoms with Crippen LogP contribution in [0, 0.1) is 11.6 Å². The minimum atomic E-state index is -1.60. The fourth-order valence-corrected chi connectivity index (χ4v) is 5.25. The van der Waals surface area contributed by atoms with Crippen molar-refractivity contribution in [3.05, 3.63) is 54.1 Å². The number of benzene rings is 2. The summed E-state index contributed by atoms with van der Waals surface area (Å²) >= 11 is 0. The quantitative estimate of drug-likeness (QED) is 0.490. The molecule has 0 aromatic heterocycles. The Bertz CT molecular complexity index is 1110. The van der Waals surface area contributed by atoms with Crippen LogP contribution in [-0.2, 0) is 9.53 Å². The van der Waals surface area contributed by atoms with Gasteiger partial charge in [0.25, 0.3) is 0 Å². The van der Waals surface area contributed by atoms with Crippen molar-refractivity contribution >= 4 is 11.6 Å². The number of hydrogen-bond donors (Lipinski definition) is 2. The van der Waals surface area contributed by atoms with E-state index in [2.05, 4.69) is 4.90 Å². The van der Waals surface area contributed by atoms with Gasteiger partial charge < -0.3 is 34.2 Å². The summed E-state index contributed by atoms with van der Waals surface area (Å²) in [6, 6.07) is 11.4. The summed E-state index contributed by atoms with van der Waals surface area (Å²) in [4.78, 5) is 18.2. The SMILES string of the molecule is COCC(=O)N1CCN(CC2(O)CCN(c3ccc(OC)cc3)CC2)C[C@](O)(COc2cccc(F)c2F)C1. The molecular formula is C28H37F2N3O6. The molecule has 2 aliphatic heterocycles. The first-order valence-electron chi connectivity index (χ1n) is 13.0. The van der Waals surface area contributed by atoms with Gasteiger partial charge in [0.05, 0.1) is 19.3 Å². The summed E-state index contributed by atoms with van der Waals surface area (Å²) in [6.45, 7) is 1.79. The molecule has 39 heavy (non-hydrogen) atoms. The van der Waals surface area contributed by atoms with Crippen molar-refractivity contribution in [3.8, 4) is 11.5 Å². The number of halogens is 2. The molecule has 2 aliphatic rings. The van der Waals surface area contributed by atoms with E-state index in [1.807, 2.05) is 29.2 Å². The Hall–Kier alpha value is -2.99. The zero-order chi connectivity index (χ0) is 28.0. The number of hydrogen-bond acceptors (Lipinski definition) is 8. The molecule has 0 spiro atoms. The zero-order valence-electron chi connectivity index (χ0n) is 22.4. The van der Waals surface area contributed by atoms with E-state index < -0.39 is 22.8 Å². The number of amides is 1. The van der Waals surface area contributed by atoms with Gasteiger partial charge in [-0.25, -0.2) is 4.39 Å². The minimum absolute atomic E-state index is 0.0746. The molecular weight excluding hydrogens is 512 g/mol. The second-order valence-corrected chi connectivity index (χ2v) is 10.4. The number of piperidine rings is 1. The highest BCUT2D eigenvalue weighted by Crippen LogP contribution is 2.30. The van der Waals surface area contributed by atoms with E-state index in [-0.39, 0.29) is 44.5 Å². The van der Waals surface area contributed by atoms with Crippen LogP contribution in [0.5, 0.6) is 11.5 Å². The zero-order valence-corrected chi connectivity index (χ0v) is 22.4. The molecule has 0 radical (unpaired) electrons. The standard InChI is InChI=1S/C28H37F2N3O6/c1-37-16-25(34)33-15-14-31(18-28(36,19-33)20-39-24-5-3-4-23(29)26(24)30)17-27(35)10-12-32(13-11-27)21-6-8-22(38-2)9-7-21/h3-9,35-36H,10-20H2,1-2H3/t28-/m1/s1. The van der Waals surface area contributed by atoms with Crippen molar-refractivity contribution in [1.29, 1.82) is 0 Å². The lowest BCUT2D eigenvalue weighted by molar-refractivity contribution is -0.138. The molecule has 0 bridgehead atoms. The lowest BCUT2D eigenvalue weighted by atomic mass is 9.90. The first-order valence-corrected chi connectivity index (χ1v) is 13.0. The normalized spacial score (nSPS) is 21.9. The fraction of sp³-hybridized carbons (Fsp3) is 0.536. The van der Waals surface area contributed by atoms with Gasteiger partial charge in [-0.3, -0.25) is 9.69 Å². The topological polar surface area (TPSA) is 94.9 Å². The number of methoxy groups -OCH3 is 2. The summed E-state index contributed by atoms with van der Waals surface area (Å²) < 4.78 is 43.6. The average molecular weight is 550 g/mol. The molecule has 1 amide bonds. The Morgan fingerprint density at radius 3 is 2.33 bits per heavy atom. The summed E-state index contributed by atoms with van der Waals surface area (Å²) in [5, 5.41) is 23.0. The van der Waals surface area contributed by atoms with Gasteiger partial charge in [0.2, 0.25) is 11.7 Å². The number of carbonyl (C=O) groups excluding carboxylic acids is 1. The predicted molar refractivity (Wildman–Crippen MR) is 141 cm³/mol. The molecule has 9 nitrogen and oxygen atoms in total. The smallest absolute Gasteiger partial charge is 0.248 e. The largest absolute Gasteiger partial charge is 0.497 e. The van der Waals surface area contributed by atoms with Crippen molar-refractivity contribution in [3.63, 3.8) is 0 Å². The molecule has 0 unspecified atom stereocenters. The van der Waals surface area contributed by atoms with Crippen LogP contribution in [0.15, 0.2) is 42.5 Å². The highest BCUT2D eigenvalue weighted by Gasteiger charge is 2.41. The third-order valence-electron chi connectivity index (χ3n) is 7.37. The van der Waals surface area contributed by atoms with Gasteiger partial charge in [0.1, 0.15) is 24.6 Å². The maximum Gasteiger partial charge on any atom is 0.248 e. The number of rotatable bonds is 9. The van der Waals surface area contributed by atoms with Gasteiger partial charge in [-0.1, -0.05) is 6.07 Å². The Morgan fingerprint density at radius 2 is 1.67 bits per heavy atom. The van der Waals surface area contributed by atoms with E-state index in [1.54, 1.807) is 7.11 Å². The van der Waals surface area contributed by atoms with Crippen LogP contribution in [0.4, 0.5) is 14.5 Å². The Morgan fingerprint density at radius 1 is 0.949 bits per heavy atom. The number of ether oxygens (including phenoxy) is 3. The lowest BCUT2D eigenvalue weighted by Gasteiger charge is -2.42. The summed E-state index contributed by atoms with van der Waals surface area (Å²) in [6.07, 6.45) is 1.04. The predicted octanol–water partition coefficient (Wildman–Crippen LogP) is 1.91. The molecule has 2 fully saturated rings. The highest BCUT2D eigenvalue weighted by atomic mass is 19.2. The van der Waals surface area contributed by atoms with Crippen molar-refractivity contribution in [2.75, 3.05) is 78.1 Å². The van der Waals surface area contributed by atoms with Crippen LogP contribution >= 0.6 is 0 Å².